The zero-order valence-corrected chi connectivity index (χ0v) is 13.1. The molecule has 0 atom stereocenters. The molecule has 0 saturated heterocycles. The van der Waals surface area contributed by atoms with E-state index in [9.17, 15) is 9.90 Å². The number of nitrogens with one attached hydrogen (secondary N) is 1. The van der Waals surface area contributed by atoms with Gasteiger partial charge < -0.3 is 19.9 Å². The quantitative estimate of drug-likeness (QED) is 0.859. The number of hydrogen-bond donors (Lipinski definition) is 2. The highest BCUT2D eigenvalue weighted by Gasteiger charge is 2.34. The van der Waals surface area contributed by atoms with E-state index in [0.717, 1.165) is 19.3 Å². The standard InChI is InChI=1S/C14H18BrNO4/c1-19-9-6-10(12(20-2)11(15)7-9)13(17)16-8-14(18)4-3-5-14/h6-7,18H,3-5,8H2,1-2H3,(H,16,17). The molecule has 0 aliphatic heterocycles. The number of methoxy groups -OCH3 is 2. The minimum atomic E-state index is -0.751. The van der Waals surface area contributed by atoms with Crippen molar-refractivity contribution >= 4 is 21.8 Å². The summed E-state index contributed by atoms with van der Waals surface area (Å²) in [5.41, 5.74) is -0.374. The van der Waals surface area contributed by atoms with Crippen LogP contribution in [0.25, 0.3) is 0 Å². The maximum Gasteiger partial charge on any atom is 0.255 e. The summed E-state index contributed by atoms with van der Waals surface area (Å²) in [5, 5.41) is 12.8. The Labute approximate surface area is 126 Å². The van der Waals surface area contributed by atoms with Crippen molar-refractivity contribution in [3.05, 3.63) is 22.2 Å². The van der Waals surface area contributed by atoms with Crippen molar-refractivity contribution in [3.8, 4) is 11.5 Å². The minimum Gasteiger partial charge on any atom is -0.497 e. The van der Waals surface area contributed by atoms with Crippen LogP contribution in [0.3, 0.4) is 0 Å². The largest absolute Gasteiger partial charge is 0.497 e. The highest BCUT2D eigenvalue weighted by Crippen LogP contribution is 2.34. The second-order valence-corrected chi connectivity index (χ2v) is 5.80. The first-order valence-electron chi connectivity index (χ1n) is 6.41. The number of carbonyl (C=O) groups excluding carboxylic acids is 1. The van der Waals surface area contributed by atoms with Gasteiger partial charge in [0.25, 0.3) is 5.91 Å². The van der Waals surface area contributed by atoms with Gasteiger partial charge in [-0.05, 0) is 47.3 Å². The Morgan fingerprint density at radius 1 is 1.40 bits per heavy atom. The van der Waals surface area contributed by atoms with Crippen molar-refractivity contribution in [2.75, 3.05) is 20.8 Å². The lowest BCUT2D eigenvalue weighted by atomic mass is 9.80. The van der Waals surface area contributed by atoms with Gasteiger partial charge in [0, 0.05) is 6.54 Å². The maximum atomic E-state index is 12.3. The van der Waals surface area contributed by atoms with Crippen LogP contribution in [0.5, 0.6) is 11.5 Å². The Hall–Kier alpha value is -1.27. The molecule has 2 rings (SSSR count). The summed E-state index contributed by atoms with van der Waals surface area (Å²) >= 11 is 3.35. The van der Waals surface area contributed by atoms with E-state index in [2.05, 4.69) is 21.2 Å². The van der Waals surface area contributed by atoms with Crippen LogP contribution in [-0.4, -0.2) is 37.4 Å². The number of hydrogen-bond acceptors (Lipinski definition) is 4. The summed E-state index contributed by atoms with van der Waals surface area (Å²) in [5.74, 6) is 0.718. The molecule has 0 spiro atoms. The monoisotopic (exact) mass is 343 g/mol. The van der Waals surface area contributed by atoms with Gasteiger partial charge in [-0.15, -0.1) is 0 Å². The Kier molecular flexibility index (Phi) is 4.55. The normalized spacial score (nSPS) is 16.2. The van der Waals surface area contributed by atoms with Gasteiger partial charge in [0.05, 0.1) is 29.9 Å². The molecule has 0 radical (unpaired) electrons. The molecule has 1 fully saturated rings. The molecule has 110 valence electrons. The fourth-order valence-corrected chi connectivity index (χ4v) is 2.77. The van der Waals surface area contributed by atoms with Crippen LogP contribution in [0, 0.1) is 0 Å². The van der Waals surface area contributed by atoms with Gasteiger partial charge in [-0.25, -0.2) is 0 Å². The lowest BCUT2D eigenvalue weighted by Gasteiger charge is -2.36. The molecule has 2 N–H and O–H groups in total. The van der Waals surface area contributed by atoms with Crippen LogP contribution in [0.1, 0.15) is 29.6 Å². The molecule has 5 nitrogen and oxygen atoms in total. The first kappa shape index (κ1) is 15.1. The summed E-state index contributed by atoms with van der Waals surface area (Å²) in [6.07, 6.45) is 2.46. The molecule has 1 saturated carbocycles. The van der Waals surface area contributed by atoms with Crippen molar-refractivity contribution in [2.24, 2.45) is 0 Å². The molecule has 1 aliphatic carbocycles. The molecule has 1 aromatic rings. The molecule has 20 heavy (non-hydrogen) atoms. The Balaban J connectivity index is 2.17. The summed E-state index contributed by atoms with van der Waals surface area (Å²) in [6, 6.07) is 3.35. The molecule has 1 aromatic carbocycles. The Bertz CT molecular complexity index is 514. The predicted molar refractivity (Wildman–Crippen MR) is 78.4 cm³/mol. The minimum absolute atomic E-state index is 0.254. The second kappa shape index (κ2) is 6.01. The zero-order valence-electron chi connectivity index (χ0n) is 11.5. The third kappa shape index (κ3) is 3.07. The first-order chi connectivity index (χ1) is 9.49. The van der Waals surface area contributed by atoms with Crippen molar-refractivity contribution < 1.29 is 19.4 Å². The summed E-state index contributed by atoms with van der Waals surface area (Å²) in [6.45, 7) is 0.254. The predicted octanol–water partition coefficient (Wildman–Crippen LogP) is 2.11. The van der Waals surface area contributed by atoms with Crippen LogP contribution >= 0.6 is 15.9 Å². The van der Waals surface area contributed by atoms with E-state index < -0.39 is 5.60 Å². The molecule has 0 heterocycles. The van der Waals surface area contributed by atoms with Crippen LogP contribution < -0.4 is 14.8 Å². The topological polar surface area (TPSA) is 67.8 Å². The third-order valence-corrected chi connectivity index (χ3v) is 4.15. The van der Waals surface area contributed by atoms with E-state index >= 15 is 0 Å². The molecule has 0 aromatic heterocycles. The van der Waals surface area contributed by atoms with Gasteiger partial charge in [-0.3, -0.25) is 4.79 Å². The van der Waals surface area contributed by atoms with E-state index in [-0.39, 0.29) is 12.5 Å². The van der Waals surface area contributed by atoms with Crippen molar-refractivity contribution in [1.82, 2.24) is 5.32 Å². The number of amides is 1. The smallest absolute Gasteiger partial charge is 0.255 e. The maximum absolute atomic E-state index is 12.3. The number of ether oxygens (including phenoxy) is 2. The van der Waals surface area contributed by atoms with Crippen LogP contribution in [0.4, 0.5) is 0 Å². The Morgan fingerprint density at radius 3 is 2.60 bits per heavy atom. The van der Waals surface area contributed by atoms with E-state index in [1.807, 2.05) is 0 Å². The molecule has 0 unspecified atom stereocenters. The molecule has 1 aliphatic rings. The third-order valence-electron chi connectivity index (χ3n) is 3.56. The summed E-state index contributed by atoms with van der Waals surface area (Å²) in [7, 11) is 3.04. The van der Waals surface area contributed by atoms with Crippen LogP contribution in [0.2, 0.25) is 0 Å². The fraction of sp³-hybridized carbons (Fsp3) is 0.500. The molecular weight excluding hydrogens is 326 g/mol. The van der Waals surface area contributed by atoms with Gasteiger partial charge in [0.2, 0.25) is 0 Å². The van der Waals surface area contributed by atoms with E-state index in [1.165, 1.54) is 14.2 Å². The first-order valence-corrected chi connectivity index (χ1v) is 7.20. The number of aliphatic hydroxyl groups is 1. The molecule has 0 bridgehead atoms. The fourth-order valence-electron chi connectivity index (χ4n) is 2.16. The average Bonchev–Trinajstić information content (AvgIpc) is 2.41. The summed E-state index contributed by atoms with van der Waals surface area (Å²) in [4.78, 5) is 12.3. The van der Waals surface area contributed by atoms with Gasteiger partial charge in [-0.1, -0.05) is 0 Å². The number of rotatable bonds is 5. The van der Waals surface area contributed by atoms with Crippen molar-refractivity contribution in [3.63, 3.8) is 0 Å². The molecule has 1 amide bonds. The zero-order chi connectivity index (χ0) is 14.8. The Morgan fingerprint density at radius 2 is 2.10 bits per heavy atom. The van der Waals surface area contributed by atoms with Crippen molar-refractivity contribution in [2.45, 2.75) is 24.9 Å². The lowest BCUT2D eigenvalue weighted by Crippen LogP contribution is -2.47. The molecule has 6 heteroatoms. The van der Waals surface area contributed by atoms with Crippen LogP contribution in [0.15, 0.2) is 16.6 Å². The van der Waals surface area contributed by atoms with Gasteiger partial charge in [-0.2, -0.15) is 0 Å². The number of halogens is 1. The SMILES string of the molecule is COc1cc(Br)c(OC)c(C(=O)NCC2(O)CCC2)c1. The molecular formula is C14H18BrNO4. The highest BCUT2D eigenvalue weighted by atomic mass is 79.9. The van der Waals surface area contributed by atoms with Gasteiger partial charge in [0.15, 0.2) is 0 Å². The van der Waals surface area contributed by atoms with E-state index in [0.29, 0.717) is 21.5 Å². The van der Waals surface area contributed by atoms with Crippen molar-refractivity contribution in [1.29, 1.82) is 0 Å². The van der Waals surface area contributed by atoms with Crippen LogP contribution in [-0.2, 0) is 0 Å². The highest BCUT2D eigenvalue weighted by molar-refractivity contribution is 9.10. The van der Waals surface area contributed by atoms with Gasteiger partial charge >= 0.3 is 0 Å². The van der Waals surface area contributed by atoms with E-state index in [4.69, 9.17) is 9.47 Å². The number of carbonyl (C=O) groups is 1. The average molecular weight is 344 g/mol. The number of benzene rings is 1. The second-order valence-electron chi connectivity index (χ2n) is 4.95. The van der Waals surface area contributed by atoms with Gasteiger partial charge in [0.1, 0.15) is 11.5 Å². The summed E-state index contributed by atoms with van der Waals surface area (Å²) < 4.78 is 11.0. The van der Waals surface area contributed by atoms with E-state index in [1.54, 1.807) is 12.1 Å². The lowest BCUT2D eigenvalue weighted by molar-refractivity contribution is -0.0300.